The molecule has 0 radical (unpaired) electrons. The van der Waals surface area contributed by atoms with Gasteiger partial charge in [0.1, 0.15) is 17.5 Å². The number of carbonyl (C=O) groups excluding carboxylic acids is 1. The predicted molar refractivity (Wildman–Crippen MR) is 126 cm³/mol. The van der Waals surface area contributed by atoms with Crippen molar-refractivity contribution in [2.45, 2.75) is 57.2 Å². The fourth-order valence-electron chi connectivity index (χ4n) is 6.11. The molecule has 0 aromatic heterocycles. The highest BCUT2D eigenvalue weighted by atomic mass is 19.1. The minimum atomic E-state index is -0.600. The summed E-state index contributed by atoms with van der Waals surface area (Å²) in [6.07, 6.45) is 3.42. The second kappa shape index (κ2) is 9.25. The Bertz CT molecular complexity index is 1030. The molecule has 34 heavy (non-hydrogen) atoms. The number of amides is 1. The highest BCUT2D eigenvalue weighted by Crippen LogP contribution is 2.40. The number of carbonyl (C=O) groups is 1. The average Bonchev–Trinajstić information content (AvgIpc) is 3.17. The first-order chi connectivity index (χ1) is 16.3. The quantitative estimate of drug-likeness (QED) is 0.641. The number of rotatable bonds is 4. The van der Waals surface area contributed by atoms with E-state index in [4.69, 9.17) is 0 Å². The molecule has 1 amide bonds. The van der Waals surface area contributed by atoms with Gasteiger partial charge >= 0.3 is 0 Å². The molecule has 5 rings (SSSR count). The van der Waals surface area contributed by atoms with Gasteiger partial charge in [0.05, 0.1) is 5.92 Å². The number of hydrogen-bond donors (Lipinski definition) is 0. The molecule has 7 heteroatoms. The molecule has 2 saturated heterocycles. The number of anilines is 1. The smallest absolute Gasteiger partial charge is 0.227 e. The summed E-state index contributed by atoms with van der Waals surface area (Å²) >= 11 is 0. The van der Waals surface area contributed by atoms with Crippen molar-refractivity contribution in [1.29, 1.82) is 0 Å². The summed E-state index contributed by atoms with van der Waals surface area (Å²) < 4.78 is 41.8. The Kier molecular flexibility index (Phi) is 6.32. The summed E-state index contributed by atoms with van der Waals surface area (Å²) in [6.45, 7) is 6.51. The number of halogens is 3. The molecule has 0 unspecified atom stereocenters. The minimum Gasteiger partial charge on any atom is -0.363 e. The number of likely N-dealkylation sites (tertiary alicyclic amines) is 1. The van der Waals surface area contributed by atoms with Crippen LogP contribution in [0.1, 0.15) is 44.6 Å². The fourth-order valence-corrected chi connectivity index (χ4v) is 6.11. The van der Waals surface area contributed by atoms with E-state index in [0.717, 1.165) is 24.6 Å². The molecule has 3 fully saturated rings. The van der Waals surface area contributed by atoms with Crippen molar-refractivity contribution < 1.29 is 18.0 Å². The van der Waals surface area contributed by atoms with Crippen LogP contribution in [0, 0.1) is 23.4 Å². The van der Waals surface area contributed by atoms with Gasteiger partial charge in [0.15, 0.2) is 0 Å². The summed E-state index contributed by atoms with van der Waals surface area (Å²) in [4.78, 5) is 20.3. The Hall–Kier alpha value is -2.54. The van der Waals surface area contributed by atoms with Crippen LogP contribution in [-0.2, 0) is 4.79 Å². The zero-order valence-corrected chi connectivity index (χ0v) is 19.8. The summed E-state index contributed by atoms with van der Waals surface area (Å²) in [6, 6.07) is 10.8. The van der Waals surface area contributed by atoms with Gasteiger partial charge in [-0.25, -0.2) is 13.2 Å². The van der Waals surface area contributed by atoms with E-state index in [1.807, 2.05) is 4.90 Å². The van der Waals surface area contributed by atoms with Crippen molar-refractivity contribution in [3.8, 4) is 0 Å². The lowest BCUT2D eigenvalue weighted by atomic mass is 9.87. The first kappa shape index (κ1) is 23.2. The van der Waals surface area contributed by atoms with Crippen LogP contribution in [0.4, 0.5) is 18.9 Å². The van der Waals surface area contributed by atoms with Crippen LogP contribution >= 0.6 is 0 Å². The van der Waals surface area contributed by atoms with Gasteiger partial charge in [-0.2, -0.15) is 0 Å². The van der Waals surface area contributed by atoms with Gasteiger partial charge in [-0.1, -0.05) is 12.5 Å². The summed E-state index contributed by atoms with van der Waals surface area (Å²) in [7, 11) is 0. The van der Waals surface area contributed by atoms with Gasteiger partial charge in [-0.3, -0.25) is 9.69 Å². The molecule has 2 aliphatic heterocycles. The molecule has 0 spiro atoms. The van der Waals surface area contributed by atoms with Crippen LogP contribution < -0.4 is 4.90 Å². The molecule has 182 valence electrons. The third-order valence-electron chi connectivity index (χ3n) is 7.97. The number of benzene rings is 2. The maximum absolute atomic E-state index is 14.8. The van der Waals surface area contributed by atoms with E-state index < -0.39 is 11.6 Å². The van der Waals surface area contributed by atoms with Crippen LogP contribution in [0.25, 0.3) is 0 Å². The van der Waals surface area contributed by atoms with Gasteiger partial charge in [-0.05, 0) is 62.6 Å². The Labute approximate surface area is 199 Å². The SMILES string of the molecule is C[C@@H]1CN(C(=O)[C@H]2CN(C3CCC3)C[C@@H]2c2ccc(F)cc2F)C[C@H](C)N1c1ccc(F)cc1. The topological polar surface area (TPSA) is 26.8 Å². The summed E-state index contributed by atoms with van der Waals surface area (Å²) in [5.74, 6) is -2.02. The summed E-state index contributed by atoms with van der Waals surface area (Å²) in [5.41, 5.74) is 1.38. The average molecular weight is 472 g/mol. The van der Waals surface area contributed by atoms with E-state index in [0.29, 0.717) is 37.8 Å². The molecule has 1 saturated carbocycles. The first-order valence-electron chi connectivity index (χ1n) is 12.3. The highest BCUT2D eigenvalue weighted by molar-refractivity contribution is 5.81. The van der Waals surface area contributed by atoms with Gasteiger partial charge in [0.2, 0.25) is 5.91 Å². The molecule has 0 bridgehead atoms. The van der Waals surface area contributed by atoms with Crippen LogP contribution in [0.3, 0.4) is 0 Å². The van der Waals surface area contributed by atoms with Gasteiger partial charge in [0, 0.05) is 62.0 Å². The lowest BCUT2D eigenvalue weighted by molar-refractivity contribution is -0.137. The normalized spacial score (nSPS) is 28.3. The van der Waals surface area contributed by atoms with E-state index in [9.17, 15) is 18.0 Å². The van der Waals surface area contributed by atoms with Crippen molar-refractivity contribution in [3.63, 3.8) is 0 Å². The molecular weight excluding hydrogens is 439 g/mol. The Morgan fingerprint density at radius 2 is 1.50 bits per heavy atom. The standard InChI is InChI=1S/C27H32F3N3O/c1-17-13-32(14-18(2)33(17)22-9-6-19(28)7-10-22)27(34)25-16-31(21-4-3-5-21)15-24(25)23-11-8-20(29)12-26(23)30/h6-12,17-18,21,24-25H,3-5,13-16H2,1-2H3/t17-,18+,24-,25+/m1/s1. The Morgan fingerprint density at radius 3 is 2.09 bits per heavy atom. The summed E-state index contributed by atoms with van der Waals surface area (Å²) in [5, 5.41) is 0. The number of hydrogen-bond acceptors (Lipinski definition) is 3. The minimum absolute atomic E-state index is 0.0491. The van der Waals surface area contributed by atoms with Crippen molar-refractivity contribution in [2.24, 2.45) is 5.92 Å². The van der Waals surface area contributed by atoms with E-state index in [-0.39, 0.29) is 35.6 Å². The van der Waals surface area contributed by atoms with Gasteiger partial charge in [-0.15, -0.1) is 0 Å². The zero-order valence-electron chi connectivity index (χ0n) is 19.8. The first-order valence-corrected chi connectivity index (χ1v) is 12.3. The number of nitrogens with zero attached hydrogens (tertiary/aromatic N) is 3. The monoisotopic (exact) mass is 471 g/mol. The van der Waals surface area contributed by atoms with Crippen molar-refractivity contribution in [1.82, 2.24) is 9.80 Å². The van der Waals surface area contributed by atoms with E-state index in [2.05, 4.69) is 23.6 Å². The molecule has 2 aromatic carbocycles. The molecule has 2 heterocycles. The predicted octanol–water partition coefficient (Wildman–Crippen LogP) is 4.80. The Balaban J connectivity index is 1.36. The second-order valence-corrected chi connectivity index (χ2v) is 10.2. The van der Waals surface area contributed by atoms with E-state index >= 15 is 0 Å². The lowest BCUT2D eigenvalue weighted by Gasteiger charge is -2.46. The molecule has 0 N–H and O–H groups in total. The molecule has 3 aliphatic rings. The van der Waals surface area contributed by atoms with Crippen molar-refractivity contribution in [3.05, 3.63) is 65.5 Å². The molecule has 1 aliphatic carbocycles. The third kappa shape index (κ3) is 4.30. The fraction of sp³-hybridized carbons (Fsp3) is 0.519. The largest absolute Gasteiger partial charge is 0.363 e. The zero-order chi connectivity index (χ0) is 24.0. The maximum Gasteiger partial charge on any atom is 0.227 e. The second-order valence-electron chi connectivity index (χ2n) is 10.2. The van der Waals surface area contributed by atoms with Crippen LogP contribution in [0.2, 0.25) is 0 Å². The number of piperazine rings is 1. The van der Waals surface area contributed by atoms with Crippen LogP contribution in [-0.4, -0.2) is 60.0 Å². The van der Waals surface area contributed by atoms with Gasteiger partial charge in [0.25, 0.3) is 0 Å². The third-order valence-corrected chi connectivity index (χ3v) is 7.97. The van der Waals surface area contributed by atoms with Crippen LogP contribution in [0.15, 0.2) is 42.5 Å². The Morgan fingerprint density at radius 1 is 0.853 bits per heavy atom. The molecule has 4 atom stereocenters. The highest BCUT2D eigenvalue weighted by Gasteiger charge is 2.45. The van der Waals surface area contributed by atoms with Crippen LogP contribution in [0.5, 0.6) is 0 Å². The maximum atomic E-state index is 14.8. The van der Waals surface area contributed by atoms with E-state index in [1.54, 1.807) is 12.1 Å². The molecule has 4 nitrogen and oxygen atoms in total. The van der Waals surface area contributed by atoms with Gasteiger partial charge < -0.3 is 9.80 Å². The molecular formula is C27H32F3N3O. The van der Waals surface area contributed by atoms with E-state index in [1.165, 1.54) is 30.7 Å². The molecule has 2 aromatic rings. The van der Waals surface area contributed by atoms with Crippen molar-refractivity contribution in [2.75, 3.05) is 31.1 Å². The van der Waals surface area contributed by atoms with Crippen molar-refractivity contribution >= 4 is 11.6 Å². The lowest BCUT2D eigenvalue weighted by Crippen LogP contribution is -2.59.